The summed E-state index contributed by atoms with van der Waals surface area (Å²) in [4.78, 5) is 38.1. The van der Waals surface area contributed by atoms with Gasteiger partial charge < -0.3 is 19.9 Å². The van der Waals surface area contributed by atoms with E-state index in [4.69, 9.17) is 19.9 Å². The Balaban J connectivity index is 0.00000264. The minimum Gasteiger partial charge on any atom is -0.459 e. The highest BCUT2D eigenvalue weighted by Gasteiger charge is 2.29. The minimum atomic E-state index is -0.797. The van der Waals surface area contributed by atoms with Crippen LogP contribution in [0.3, 0.4) is 0 Å². The minimum absolute atomic E-state index is 0. The van der Waals surface area contributed by atoms with Crippen LogP contribution in [0.1, 0.15) is 11.8 Å². The number of rotatable bonds is 5. The molecule has 0 spiro atoms. The average molecular weight is 413 g/mol. The maximum atomic E-state index is 11.8. The van der Waals surface area contributed by atoms with Crippen molar-refractivity contribution in [3.05, 3.63) is 37.6 Å². The molecule has 23 heavy (non-hydrogen) atoms. The number of ether oxygens (including phenoxy) is 3. The molecule has 0 bridgehead atoms. The van der Waals surface area contributed by atoms with Crippen molar-refractivity contribution in [3.8, 4) is 0 Å². The number of nitrogens with two attached hydrogens (primary N) is 1. The van der Waals surface area contributed by atoms with E-state index in [9.17, 15) is 14.4 Å². The predicted molar refractivity (Wildman–Crippen MR) is 86.4 cm³/mol. The highest BCUT2D eigenvalue weighted by atomic mass is 79.9. The van der Waals surface area contributed by atoms with Gasteiger partial charge in [0.05, 0.1) is 18.7 Å². The second kappa shape index (κ2) is 8.99. The van der Waals surface area contributed by atoms with E-state index in [0.717, 1.165) is 0 Å². The first-order chi connectivity index (χ1) is 10.5. The SMILES string of the molecule is Cl.NCC(=O)OC[C@H]1OC[C@@H](n2cc(/C=C/Br)c(=O)[nH]c2=O)O1. The van der Waals surface area contributed by atoms with Crippen LogP contribution in [0.15, 0.2) is 20.8 Å². The molecule has 9 nitrogen and oxygen atoms in total. The van der Waals surface area contributed by atoms with Crippen molar-refractivity contribution < 1.29 is 19.0 Å². The standard InChI is InChI=1S/C12H14BrN3O6.ClH/c13-2-1-7-4-16(12(19)15-11(7)18)8-5-21-10(22-8)6-20-9(17)3-14;/h1-2,4,8,10H,3,5-6,14H2,(H,15,18,19);1H/b2-1+;/t8-,10-;/m0./s1. The van der Waals surface area contributed by atoms with Gasteiger partial charge >= 0.3 is 11.7 Å². The van der Waals surface area contributed by atoms with Crippen LogP contribution in [0.4, 0.5) is 0 Å². The lowest BCUT2D eigenvalue weighted by atomic mass is 10.3. The maximum absolute atomic E-state index is 11.8. The lowest BCUT2D eigenvalue weighted by Gasteiger charge is -2.13. The number of carbonyl (C=O) groups is 1. The summed E-state index contributed by atoms with van der Waals surface area (Å²) in [6.07, 6.45) is 1.33. The highest BCUT2D eigenvalue weighted by Crippen LogP contribution is 2.19. The fourth-order valence-electron chi connectivity index (χ4n) is 1.80. The van der Waals surface area contributed by atoms with E-state index in [-0.39, 0.29) is 37.7 Å². The molecular formula is C12H15BrClN3O6. The van der Waals surface area contributed by atoms with Crippen molar-refractivity contribution >= 4 is 40.4 Å². The molecule has 2 heterocycles. The Morgan fingerprint density at radius 1 is 1.57 bits per heavy atom. The van der Waals surface area contributed by atoms with Crippen LogP contribution in [0.2, 0.25) is 0 Å². The van der Waals surface area contributed by atoms with Crippen LogP contribution in [-0.4, -0.2) is 41.6 Å². The van der Waals surface area contributed by atoms with Gasteiger partial charge in [0.2, 0.25) is 0 Å². The molecule has 1 aromatic rings. The van der Waals surface area contributed by atoms with Crippen molar-refractivity contribution in [2.75, 3.05) is 19.8 Å². The number of nitrogens with one attached hydrogen (secondary N) is 1. The van der Waals surface area contributed by atoms with Crippen molar-refractivity contribution in [3.63, 3.8) is 0 Å². The van der Waals surface area contributed by atoms with Gasteiger partial charge in [0.15, 0.2) is 12.5 Å². The molecule has 0 saturated carbocycles. The molecule has 0 amide bonds. The van der Waals surface area contributed by atoms with Gasteiger partial charge in [-0.25, -0.2) is 4.79 Å². The largest absolute Gasteiger partial charge is 0.459 e. The number of hydrogen-bond acceptors (Lipinski definition) is 7. The summed E-state index contributed by atoms with van der Waals surface area (Å²) in [5.41, 5.74) is 4.25. The fourth-order valence-corrected chi connectivity index (χ4v) is 2.08. The molecule has 11 heteroatoms. The topological polar surface area (TPSA) is 126 Å². The number of hydrogen-bond donors (Lipinski definition) is 2. The predicted octanol–water partition coefficient (Wildman–Crippen LogP) is -0.303. The van der Waals surface area contributed by atoms with E-state index in [1.807, 2.05) is 0 Å². The Bertz CT molecular complexity index is 688. The first-order valence-electron chi connectivity index (χ1n) is 6.30. The van der Waals surface area contributed by atoms with Crippen molar-refractivity contribution in [2.45, 2.75) is 12.5 Å². The third kappa shape index (κ3) is 5.01. The molecule has 0 unspecified atom stereocenters. The maximum Gasteiger partial charge on any atom is 0.330 e. The molecule has 0 aliphatic carbocycles. The van der Waals surface area contributed by atoms with E-state index < -0.39 is 29.7 Å². The first-order valence-corrected chi connectivity index (χ1v) is 7.21. The smallest absolute Gasteiger partial charge is 0.330 e. The van der Waals surface area contributed by atoms with Gasteiger partial charge in [0, 0.05) is 6.20 Å². The van der Waals surface area contributed by atoms with Crippen molar-refractivity contribution in [1.29, 1.82) is 0 Å². The molecule has 1 aliphatic rings. The van der Waals surface area contributed by atoms with Gasteiger partial charge in [0.25, 0.3) is 5.56 Å². The number of aromatic nitrogens is 2. The van der Waals surface area contributed by atoms with Gasteiger partial charge in [-0.1, -0.05) is 15.9 Å². The lowest BCUT2D eigenvalue weighted by Crippen LogP contribution is -2.34. The van der Waals surface area contributed by atoms with Crippen molar-refractivity contribution in [2.24, 2.45) is 5.73 Å². The van der Waals surface area contributed by atoms with Gasteiger partial charge in [-0.15, -0.1) is 12.4 Å². The summed E-state index contributed by atoms with van der Waals surface area (Å²) in [6.45, 7) is -0.287. The molecular weight excluding hydrogens is 398 g/mol. The number of nitrogens with zero attached hydrogens (tertiary/aromatic N) is 1. The van der Waals surface area contributed by atoms with Crippen LogP contribution in [0, 0.1) is 0 Å². The molecule has 3 N–H and O–H groups in total. The van der Waals surface area contributed by atoms with E-state index in [1.54, 1.807) is 0 Å². The molecule has 0 radical (unpaired) electrons. The molecule has 2 rings (SSSR count). The third-order valence-electron chi connectivity index (χ3n) is 2.83. The number of halogens is 2. The van der Waals surface area contributed by atoms with Crippen molar-refractivity contribution in [1.82, 2.24) is 9.55 Å². The number of H-pyrrole nitrogens is 1. The van der Waals surface area contributed by atoms with E-state index >= 15 is 0 Å². The quantitative estimate of drug-likeness (QED) is 0.636. The summed E-state index contributed by atoms with van der Waals surface area (Å²) in [5.74, 6) is -0.582. The first kappa shape index (κ1) is 19.6. The second-order valence-corrected chi connectivity index (χ2v) is 4.81. The van der Waals surface area contributed by atoms with Gasteiger partial charge in [-0.3, -0.25) is 19.1 Å². The summed E-state index contributed by atoms with van der Waals surface area (Å²) in [6, 6.07) is 0. The Morgan fingerprint density at radius 2 is 2.30 bits per heavy atom. The Labute approximate surface area is 144 Å². The van der Waals surface area contributed by atoms with Crippen LogP contribution < -0.4 is 17.0 Å². The monoisotopic (exact) mass is 411 g/mol. The van der Waals surface area contributed by atoms with Gasteiger partial charge in [-0.2, -0.15) is 0 Å². The molecule has 128 valence electrons. The van der Waals surface area contributed by atoms with Crippen LogP contribution in [0.25, 0.3) is 6.08 Å². The summed E-state index contributed by atoms with van der Waals surface area (Å²) < 4.78 is 16.7. The van der Waals surface area contributed by atoms with Crippen LogP contribution in [0.5, 0.6) is 0 Å². The normalized spacial score (nSPS) is 20.4. The second-order valence-electron chi connectivity index (χ2n) is 4.28. The highest BCUT2D eigenvalue weighted by molar-refractivity contribution is 9.11. The zero-order chi connectivity index (χ0) is 16.1. The van der Waals surface area contributed by atoms with E-state index in [0.29, 0.717) is 0 Å². The van der Waals surface area contributed by atoms with E-state index in [2.05, 4.69) is 20.9 Å². The Morgan fingerprint density at radius 3 is 2.96 bits per heavy atom. The summed E-state index contributed by atoms with van der Waals surface area (Å²) in [5, 5.41) is 0. The Hall–Kier alpha value is -1.46. The fraction of sp³-hybridized carbons (Fsp3) is 0.417. The lowest BCUT2D eigenvalue weighted by molar-refractivity contribution is -0.157. The average Bonchev–Trinajstić information content (AvgIpc) is 2.96. The molecule has 1 aliphatic heterocycles. The van der Waals surface area contributed by atoms with Gasteiger partial charge in [-0.05, 0) is 11.1 Å². The van der Waals surface area contributed by atoms with Gasteiger partial charge in [0.1, 0.15) is 6.61 Å². The number of aromatic amines is 1. The molecule has 1 aromatic heterocycles. The molecule has 2 atom stereocenters. The van der Waals surface area contributed by atoms with Crippen LogP contribution in [-0.2, 0) is 19.0 Å². The zero-order valence-electron chi connectivity index (χ0n) is 11.8. The number of esters is 1. The van der Waals surface area contributed by atoms with Crippen LogP contribution >= 0.6 is 28.3 Å². The molecule has 1 saturated heterocycles. The summed E-state index contributed by atoms with van der Waals surface area (Å²) >= 11 is 3.06. The number of carbonyl (C=O) groups excluding carboxylic acids is 1. The third-order valence-corrected chi connectivity index (χ3v) is 3.09. The summed E-state index contributed by atoms with van der Waals surface area (Å²) in [7, 11) is 0. The Kier molecular flexibility index (Phi) is 7.65. The molecule has 0 aromatic carbocycles. The zero-order valence-corrected chi connectivity index (χ0v) is 14.2. The molecule has 1 fully saturated rings. The van der Waals surface area contributed by atoms with E-state index in [1.165, 1.54) is 21.8 Å².